The average molecular weight is 124 g/mol. The highest BCUT2D eigenvalue weighted by atomic mass is 15.3. The van der Waals surface area contributed by atoms with Gasteiger partial charge < -0.3 is 5.43 Å². The molecule has 0 saturated heterocycles. The fraction of sp³-hybridized carbons (Fsp3) is 0.571. The van der Waals surface area contributed by atoms with Crippen molar-refractivity contribution < 1.29 is 0 Å². The van der Waals surface area contributed by atoms with Gasteiger partial charge in [0.15, 0.2) is 0 Å². The van der Waals surface area contributed by atoms with Gasteiger partial charge in [-0.3, -0.25) is 0 Å². The Labute approximate surface area is 55.6 Å². The SMILES string of the molecule is C=C(C)C1C=NNC1C. The van der Waals surface area contributed by atoms with Crippen molar-refractivity contribution in [3.8, 4) is 0 Å². The Morgan fingerprint density at radius 2 is 2.44 bits per heavy atom. The van der Waals surface area contributed by atoms with Gasteiger partial charge in [-0.05, 0) is 13.8 Å². The predicted molar refractivity (Wildman–Crippen MR) is 39.4 cm³/mol. The number of hydrazone groups is 1. The molecule has 0 saturated carbocycles. The van der Waals surface area contributed by atoms with Crippen LogP contribution in [0.15, 0.2) is 17.3 Å². The van der Waals surface area contributed by atoms with E-state index in [0.29, 0.717) is 12.0 Å². The Bertz CT molecular complexity index is 149. The summed E-state index contributed by atoms with van der Waals surface area (Å²) >= 11 is 0. The summed E-state index contributed by atoms with van der Waals surface area (Å²) in [6.45, 7) is 7.99. The van der Waals surface area contributed by atoms with E-state index >= 15 is 0 Å². The van der Waals surface area contributed by atoms with Gasteiger partial charge in [0.1, 0.15) is 0 Å². The molecule has 0 aromatic heterocycles. The molecule has 9 heavy (non-hydrogen) atoms. The van der Waals surface area contributed by atoms with Crippen LogP contribution >= 0.6 is 0 Å². The summed E-state index contributed by atoms with van der Waals surface area (Å²) in [6, 6.07) is 0.433. The van der Waals surface area contributed by atoms with Crippen molar-refractivity contribution in [2.45, 2.75) is 19.9 Å². The van der Waals surface area contributed by atoms with Gasteiger partial charge in [-0.15, -0.1) is 0 Å². The molecule has 0 spiro atoms. The first kappa shape index (κ1) is 6.33. The third-order valence-electron chi connectivity index (χ3n) is 1.62. The van der Waals surface area contributed by atoms with Crippen molar-refractivity contribution in [3.63, 3.8) is 0 Å². The summed E-state index contributed by atoms with van der Waals surface area (Å²) < 4.78 is 0. The van der Waals surface area contributed by atoms with Gasteiger partial charge in [-0.25, -0.2) is 0 Å². The minimum Gasteiger partial charge on any atom is -0.307 e. The van der Waals surface area contributed by atoms with Gasteiger partial charge in [0.25, 0.3) is 0 Å². The molecule has 0 aromatic carbocycles. The maximum Gasteiger partial charge on any atom is 0.0527 e. The lowest BCUT2D eigenvalue weighted by Crippen LogP contribution is -2.23. The number of nitrogens with zero attached hydrogens (tertiary/aromatic N) is 1. The topological polar surface area (TPSA) is 24.4 Å². The lowest BCUT2D eigenvalue weighted by Gasteiger charge is -2.11. The molecule has 1 heterocycles. The second-order valence-corrected chi connectivity index (χ2v) is 2.57. The number of rotatable bonds is 1. The van der Waals surface area contributed by atoms with E-state index < -0.39 is 0 Å². The van der Waals surface area contributed by atoms with E-state index in [0.717, 1.165) is 0 Å². The lowest BCUT2D eigenvalue weighted by atomic mass is 9.98. The van der Waals surface area contributed by atoms with Crippen LogP contribution in [0, 0.1) is 5.92 Å². The molecular weight excluding hydrogens is 112 g/mol. The van der Waals surface area contributed by atoms with Crippen LogP contribution in [0.3, 0.4) is 0 Å². The maximum absolute atomic E-state index is 3.93. The van der Waals surface area contributed by atoms with Crippen LogP contribution in [0.25, 0.3) is 0 Å². The van der Waals surface area contributed by atoms with E-state index in [1.54, 1.807) is 0 Å². The van der Waals surface area contributed by atoms with E-state index in [1.165, 1.54) is 5.57 Å². The van der Waals surface area contributed by atoms with Gasteiger partial charge in [-0.2, -0.15) is 5.10 Å². The zero-order chi connectivity index (χ0) is 6.85. The number of hydrogen-bond donors (Lipinski definition) is 1. The van der Waals surface area contributed by atoms with E-state index in [1.807, 2.05) is 13.1 Å². The zero-order valence-corrected chi connectivity index (χ0v) is 5.89. The molecule has 1 N–H and O–H groups in total. The molecule has 0 aromatic rings. The molecule has 1 rings (SSSR count). The predicted octanol–water partition coefficient (Wildman–Crippen LogP) is 1.16. The van der Waals surface area contributed by atoms with Crippen molar-refractivity contribution >= 4 is 6.21 Å². The third kappa shape index (κ3) is 1.12. The fourth-order valence-corrected chi connectivity index (χ4v) is 1.00. The van der Waals surface area contributed by atoms with Crippen molar-refractivity contribution in [1.29, 1.82) is 0 Å². The second kappa shape index (κ2) is 2.21. The first-order valence-corrected chi connectivity index (χ1v) is 3.16. The van der Waals surface area contributed by atoms with Crippen LogP contribution in [0.2, 0.25) is 0 Å². The quantitative estimate of drug-likeness (QED) is 0.521. The smallest absolute Gasteiger partial charge is 0.0527 e. The summed E-state index contributed by atoms with van der Waals surface area (Å²) in [5.74, 6) is 0.435. The molecule has 50 valence electrons. The third-order valence-corrected chi connectivity index (χ3v) is 1.62. The maximum atomic E-state index is 3.93. The molecule has 0 aliphatic carbocycles. The highest BCUT2D eigenvalue weighted by molar-refractivity contribution is 5.67. The summed E-state index contributed by atoms with van der Waals surface area (Å²) in [6.07, 6.45) is 1.91. The Morgan fingerprint density at radius 1 is 1.78 bits per heavy atom. The van der Waals surface area contributed by atoms with Crippen LogP contribution in [0.1, 0.15) is 13.8 Å². The monoisotopic (exact) mass is 124 g/mol. The Balaban J connectivity index is 2.59. The van der Waals surface area contributed by atoms with Gasteiger partial charge in [-0.1, -0.05) is 12.2 Å². The number of nitrogens with one attached hydrogen (secondary N) is 1. The van der Waals surface area contributed by atoms with Gasteiger partial charge in [0, 0.05) is 12.1 Å². The van der Waals surface area contributed by atoms with Crippen LogP contribution in [-0.4, -0.2) is 12.3 Å². The average Bonchev–Trinajstić information content (AvgIpc) is 2.13. The van der Waals surface area contributed by atoms with Crippen molar-refractivity contribution in [1.82, 2.24) is 5.43 Å². The highest BCUT2D eigenvalue weighted by Crippen LogP contribution is 2.13. The summed E-state index contributed by atoms with van der Waals surface area (Å²) in [5.41, 5.74) is 4.14. The van der Waals surface area contributed by atoms with E-state index in [-0.39, 0.29) is 0 Å². The molecule has 0 fully saturated rings. The van der Waals surface area contributed by atoms with E-state index in [2.05, 4.69) is 24.0 Å². The normalized spacial score (nSPS) is 32.2. The highest BCUT2D eigenvalue weighted by Gasteiger charge is 2.18. The largest absolute Gasteiger partial charge is 0.307 e. The van der Waals surface area contributed by atoms with Crippen LogP contribution in [0.5, 0.6) is 0 Å². The minimum atomic E-state index is 0.433. The van der Waals surface area contributed by atoms with Crippen LogP contribution in [0.4, 0.5) is 0 Å². The Kier molecular flexibility index (Phi) is 1.56. The Morgan fingerprint density at radius 3 is 2.67 bits per heavy atom. The molecule has 0 amide bonds. The van der Waals surface area contributed by atoms with E-state index in [9.17, 15) is 0 Å². The van der Waals surface area contributed by atoms with Gasteiger partial charge in [0.2, 0.25) is 0 Å². The van der Waals surface area contributed by atoms with Crippen LogP contribution < -0.4 is 5.43 Å². The first-order valence-electron chi connectivity index (χ1n) is 3.16. The number of hydrogen-bond acceptors (Lipinski definition) is 2. The molecule has 2 nitrogen and oxygen atoms in total. The summed E-state index contributed by atoms with van der Waals surface area (Å²) in [7, 11) is 0. The first-order chi connectivity index (χ1) is 4.22. The molecule has 1 aliphatic heterocycles. The van der Waals surface area contributed by atoms with Crippen molar-refractivity contribution in [2.75, 3.05) is 0 Å². The fourth-order valence-electron chi connectivity index (χ4n) is 1.00. The van der Waals surface area contributed by atoms with Gasteiger partial charge in [0.05, 0.1) is 6.04 Å². The van der Waals surface area contributed by atoms with Crippen molar-refractivity contribution in [2.24, 2.45) is 11.0 Å². The summed E-state index contributed by atoms with van der Waals surface area (Å²) in [5, 5.41) is 3.93. The Hall–Kier alpha value is -0.790. The molecular formula is C7H12N2. The van der Waals surface area contributed by atoms with Gasteiger partial charge >= 0.3 is 0 Å². The van der Waals surface area contributed by atoms with Crippen LogP contribution in [-0.2, 0) is 0 Å². The minimum absolute atomic E-state index is 0.433. The second-order valence-electron chi connectivity index (χ2n) is 2.57. The molecule has 2 unspecified atom stereocenters. The zero-order valence-electron chi connectivity index (χ0n) is 5.89. The lowest BCUT2D eigenvalue weighted by molar-refractivity contribution is 0.559. The standard InChI is InChI=1S/C7H12N2/c1-5(2)7-4-8-9-6(7)3/h4,6-7,9H,1H2,2-3H3. The van der Waals surface area contributed by atoms with Crippen molar-refractivity contribution in [3.05, 3.63) is 12.2 Å². The molecule has 1 aliphatic rings. The molecule has 2 atom stereocenters. The molecule has 0 bridgehead atoms. The van der Waals surface area contributed by atoms with E-state index in [4.69, 9.17) is 0 Å². The molecule has 0 radical (unpaired) electrons. The molecule has 2 heteroatoms. The summed E-state index contributed by atoms with van der Waals surface area (Å²) in [4.78, 5) is 0.